The maximum absolute atomic E-state index is 12.7. The fraction of sp³-hybridized carbons (Fsp3) is 0.278. The zero-order valence-corrected chi connectivity index (χ0v) is 14.2. The summed E-state index contributed by atoms with van der Waals surface area (Å²) >= 11 is 0. The molecule has 1 aliphatic rings. The fourth-order valence-electron chi connectivity index (χ4n) is 3.17. The quantitative estimate of drug-likeness (QED) is 0.894. The van der Waals surface area contributed by atoms with E-state index in [9.17, 15) is 9.59 Å². The van der Waals surface area contributed by atoms with Gasteiger partial charge in [-0.25, -0.2) is 9.78 Å². The Labute approximate surface area is 145 Å². The molecule has 0 saturated carbocycles. The molecule has 25 heavy (non-hydrogen) atoms. The van der Waals surface area contributed by atoms with Crippen LogP contribution in [0.2, 0.25) is 0 Å². The standard InChI is InChI=1S/C18H20N4O3/c1-3-15-13-7-5-4-6-11(13)10-22(15)18(24)21-12-8-14(16(19)23)17(25-2)20-9-12/h4-9,15H,3,10H2,1-2H3,(H2,19,23)(H,21,24). The van der Waals surface area contributed by atoms with Crippen molar-refractivity contribution in [3.05, 3.63) is 53.2 Å². The van der Waals surface area contributed by atoms with Crippen LogP contribution in [0.1, 0.15) is 40.9 Å². The number of pyridine rings is 1. The third kappa shape index (κ3) is 3.13. The van der Waals surface area contributed by atoms with Crippen molar-refractivity contribution in [1.82, 2.24) is 9.88 Å². The lowest BCUT2D eigenvalue weighted by Crippen LogP contribution is -2.33. The van der Waals surface area contributed by atoms with Crippen LogP contribution in [-0.4, -0.2) is 28.9 Å². The number of ether oxygens (including phenoxy) is 1. The van der Waals surface area contributed by atoms with Crippen molar-refractivity contribution in [2.75, 3.05) is 12.4 Å². The summed E-state index contributed by atoms with van der Waals surface area (Å²) in [6.45, 7) is 2.60. The van der Waals surface area contributed by atoms with Gasteiger partial charge in [0.2, 0.25) is 5.88 Å². The van der Waals surface area contributed by atoms with Crippen molar-refractivity contribution in [2.24, 2.45) is 5.73 Å². The molecule has 7 heteroatoms. The van der Waals surface area contributed by atoms with Crippen molar-refractivity contribution in [3.8, 4) is 5.88 Å². The molecule has 1 aromatic heterocycles. The molecule has 0 aliphatic carbocycles. The zero-order valence-electron chi connectivity index (χ0n) is 14.2. The summed E-state index contributed by atoms with van der Waals surface area (Å²) in [5.74, 6) is -0.536. The van der Waals surface area contributed by atoms with E-state index in [2.05, 4.69) is 16.4 Å². The van der Waals surface area contributed by atoms with Gasteiger partial charge in [-0.15, -0.1) is 0 Å². The molecule has 0 saturated heterocycles. The van der Waals surface area contributed by atoms with Gasteiger partial charge in [-0.05, 0) is 23.6 Å². The molecule has 0 spiro atoms. The number of primary amides is 1. The van der Waals surface area contributed by atoms with E-state index >= 15 is 0 Å². The zero-order chi connectivity index (χ0) is 18.0. The topological polar surface area (TPSA) is 97.6 Å². The summed E-state index contributed by atoms with van der Waals surface area (Å²) in [5.41, 5.74) is 8.17. The number of benzene rings is 1. The maximum Gasteiger partial charge on any atom is 0.322 e. The van der Waals surface area contributed by atoms with Gasteiger partial charge in [-0.2, -0.15) is 0 Å². The first-order chi connectivity index (χ1) is 12.0. The number of hydrogen-bond acceptors (Lipinski definition) is 4. The SMILES string of the molecule is CCC1c2ccccc2CN1C(=O)Nc1cnc(OC)c(C(N)=O)c1. The van der Waals surface area contributed by atoms with Crippen LogP contribution < -0.4 is 15.8 Å². The third-order valence-corrected chi connectivity index (χ3v) is 4.34. The van der Waals surface area contributed by atoms with Crippen LogP contribution in [-0.2, 0) is 6.54 Å². The molecule has 1 aliphatic heterocycles. The summed E-state index contributed by atoms with van der Waals surface area (Å²) in [5, 5.41) is 2.79. The minimum Gasteiger partial charge on any atom is -0.480 e. The highest BCUT2D eigenvalue weighted by Gasteiger charge is 2.32. The van der Waals surface area contributed by atoms with Gasteiger partial charge < -0.3 is 20.7 Å². The Kier molecular flexibility index (Phi) is 4.56. The van der Waals surface area contributed by atoms with E-state index in [4.69, 9.17) is 10.5 Å². The third-order valence-electron chi connectivity index (χ3n) is 4.34. The second-order valence-electron chi connectivity index (χ2n) is 5.83. The Bertz CT molecular complexity index is 822. The first kappa shape index (κ1) is 16.8. The molecule has 0 radical (unpaired) electrons. The Morgan fingerprint density at radius 2 is 2.16 bits per heavy atom. The molecule has 3 amide bonds. The highest BCUT2D eigenvalue weighted by atomic mass is 16.5. The molecule has 130 valence electrons. The molecule has 2 aromatic rings. The number of anilines is 1. The van der Waals surface area contributed by atoms with Crippen LogP contribution in [0, 0.1) is 0 Å². The first-order valence-electron chi connectivity index (χ1n) is 8.04. The number of hydrogen-bond donors (Lipinski definition) is 2. The number of amides is 3. The molecule has 1 atom stereocenters. The number of nitrogens with two attached hydrogens (primary N) is 1. The number of nitrogens with one attached hydrogen (secondary N) is 1. The molecule has 3 N–H and O–H groups in total. The van der Waals surface area contributed by atoms with E-state index in [-0.39, 0.29) is 23.5 Å². The second-order valence-corrected chi connectivity index (χ2v) is 5.83. The van der Waals surface area contributed by atoms with E-state index in [1.807, 2.05) is 25.1 Å². The lowest BCUT2D eigenvalue weighted by molar-refractivity contribution is 0.0996. The van der Waals surface area contributed by atoms with Gasteiger partial charge in [0.05, 0.1) is 25.0 Å². The molecule has 2 heterocycles. The van der Waals surface area contributed by atoms with Crippen LogP contribution in [0.4, 0.5) is 10.5 Å². The number of rotatable bonds is 4. The van der Waals surface area contributed by atoms with Crippen LogP contribution in [0.3, 0.4) is 0 Å². The van der Waals surface area contributed by atoms with Gasteiger partial charge in [-0.3, -0.25) is 4.79 Å². The summed E-state index contributed by atoms with van der Waals surface area (Å²) in [6.07, 6.45) is 2.26. The molecular formula is C18H20N4O3. The Morgan fingerprint density at radius 1 is 1.40 bits per heavy atom. The predicted octanol–water partition coefficient (Wildman–Crippen LogP) is 2.69. The molecule has 3 rings (SSSR count). The predicted molar refractivity (Wildman–Crippen MR) is 93.3 cm³/mol. The first-order valence-corrected chi connectivity index (χ1v) is 8.04. The molecule has 1 aromatic carbocycles. The van der Waals surface area contributed by atoms with Gasteiger partial charge in [0.25, 0.3) is 5.91 Å². The van der Waals surface area contributed by atoms with E-state index in [1.54, 1.807) is 4.90 Å². The molecule has 1 unspecified atom stereocenters. The largest absolute Gasteiger partial charge is 0.480 e. The normalized spacial score (nSPS) is 15.6. The molecular weight excluding hydrogens is 320 g/mol. The Morgan fingerprint density at radius 3 is 2.84 bits per heavy atom. The van der Waals surface area contributed by atoms with E-state index in [0.29, 0.717) is 12.2 Å². The van der Waals surface area contributed by atoms with Crippen LogP contribution >= 0.6 is 0 Å². The maximum atomic E-state index is 12.7. The number of fused-ring (bicyclic) bond motifs is 1. The summed E-state index contributed by atoms with van der Waals surface area (Å²) in [4.78, 5) is 30.0. The van der Waals surface area contributed by atoms with Gasteiger partial charge in [-0.1, -0.05) is 31.2 Å². The van der Waals surface area contributed by atoms with E-state index in [1.165, 1.54) is 24.9 Å². The Hall–Kier alpha value is -3.09. The lowest BCUT2D eigenvalue weighted by atomic mass is 10.0. The smallest absolute Gasteiger partial charge is 0.322 e. The highest BCUT2D eigenvalue weighted by molar-refractivity contribution is 5.97. The van der Waals surface area contributed by atoms with Crippen LogP contribution in [0.25, 0.3) is 0 Å². The van der Waals surface area contributed by atoms with Gasteiger partial charge >= 0.3 is 6.03 Å². The summed E-state index contributed by atoms with van der Waals surface area (Å²) in [7, 11) is 1.40. The average molecular weight is 340 g/mol. The van der Waals surface area contributed by atoms with Crippen LogP contribution in [0.5, 0.6) is 5.88 Å². The highest BCUT2D eigenvalue weighted by Crippen LogP contribution is 2.36. The van der Waals surface area contributed by atoms with Gasteiger partial charge in [0.15, 0.2) is 0 Å². The van der Waals surface area contributed by atoms with Crippen molar-refractivity contribution in [3.63, 3.8) is 0 Å². The number of urea groups is 1. The average Bonchev–Trinajstić information content (AvgIpc) is 3.00. The van der Waals surface area contributed by atoms with Gasteiger partial charge in [0.1, 0.15) is 5.56 Å². The van der Waals surface area contributed by atoms with Crippen molar-refractivity contribution in [2.45, 2.75) is 25.9 Å². The van der Waals surface area contributed by atoms with Gasteiger partial charge in [0, 0.05) is 6.54 Å². The van der Waals surface area contributed by atoms with Crippen molar-refractivity contribution < 1.29 is 14.3 Å². The molecule has 7 nitrogen and oxygen atoms in total. The molecule has 0 bridgehead atoms. The molecule has 0 fully saturated rings. The minimum absolute atomic E-state index is 0.0259. The number of methoxy groups -OCH3 is 1. The summed E-state index contributed by atoms with van der Waals surface area (Å²) < 4.78 is 5.01. The van der Waals surface area contributed by atoms with Crippen LogP contribution in [0.15, 0.2) is 36.5 Å². The number of carbonyl (C=O) groups is 2. The van der Waals surface area contributed by atoms with E-state index < -0.39 is 5.91 Å². The summed E-state index contributed by atoms with van der Waals surface area (Å²) in [6, 6.07) is 9.29. The Balaban J connectivity index is 1.81. The fourth-order valence-corrected chi connectivity index (χ4v) is 3.17. The van der Waals surface area contributed by atoms with Crippen molar-refractivity contribution >= 4 is 17.6 Å². The van der Waals surface area contributed by atoms with Crippen molar-refractivity contribution in [1.29, 1.82) is 0 Å². The second kappa shape index (κ2) is 6.80. The van der Waals surface area contributed by atoms with E-state index in [0.717, 1.165) is 12.0 Å². The number of aromatic nitrogens is 1. The number of nitrogens with zero attached hydrogens (tertiary/aromatic N) is 2. The monoisotopic (exact) mass is 340 g/mol. The lowest BCUT2D eigenvalue weighted by Gasteiger charge is -2.24. The minimum atomic E-state index is -0.666. The number of carbonyl (C=O) groups excluding carboxylic acids is 2.